The van der Waals surface area contributed by atoms with Gasteiger partial charge in [0.05, 0.1) is 25.2 Å². The van der Waals surface area contributed by atoms with E-state index in [2.05, 4.69) is 262 Å². The van der Waals surface area contributed by atoms with E-state index in [9.17, 15) is 26.4 Å². The lowest BCUT2D eigenvalue weighted by atomic mass is 10.0. The fourth-order valence-electron chi connectivity index (χ4n) is 14.9. The summed E-state index contributed by atoms with van der Waals surface area (Å²) in [6.45, 7) is 101. The lowest BCUT2D eigenvalue weighted by molar-refractivity contribution is -0.138. The average molecular weight is 1630 g/mol. The SMILES string of the molecule is CC(=O)N1CCN(C(C)(C)C)CC1.CC(C)(C)N1CCCC1.CC(C)(C)N1CCCCC1.CC(C)(C)N1CCCCC1=O.CC(C)(C)N1CCCS1(=O)=O.CC(C)(C)N1CCN(S(C)(=O)=O)CC1.CC(C)(C)N1CCOCC1.CC(C)(C)N1CCSCC1.CCN1CCN(C(C)(C)C)CC1.CN1CCN(C(C)(C)C)CC1. The van der Waals surface area contributed by atoms with Gasteiger partial charge in [-0.15, -0.1) is 0 Å². The number of ether oxygens (including phenoxy) is 1. The van der Waals surface area contributed by atoms with Crippen LogP contribution in [-0.4, -0.2) is 372 Å². The molecular weight excluding hydrogens is 1450 g/mol. The van der Waals surface area contributed by atoms with E-state index in [0.717, 1.165) is 91.4 Å². The number of likely N-dealkylation sites (tertiary alicyclic amines) is 3. The number of hydrogen-bond donors (Lipinski definition) is 0. The molecule has 0 unspecified atom stereocenters. The maximum absolute atomic E-state index is 11.4. The molecule has 10 heterocycles. The first kappa shape index (κ1) is 108. The van der Waals surface area contributed by atoms with Crippen LogP contribution in [-0.2, 0) is 34.4 Å². The van der Waals surface area contributed by atoms with Gasteiger partial charge in [0.25, 0.3) is 0 Å². The van der Waals surface area contributed by atoms with E-state index in [4.69, 9.17) is 4.74 Å². The molecule has 0 aromatic carbocycles. The van der Waals surface area contributed by atoms with E-state index in [1.165, 1.54) is 154 Å². The van der Waals surface area contributed by atoms with Crippen molar-refractivity contribution >= 4 is 43.6 Å². The second kappa shape index (κ2) is 48.2. The molecule has 0 bridgehead atoms. The van der Waals surface area contributed by atoms with Gasteiger partial charge in [-0.2, -0.15) is 20.4 Å². The number of piperazine rings is 4. The number of carbonyl (C=O) groups excluding carboxylic acids is 2. The summed E-state index contributed by atoms with van der Waals surface area (Å²) in [5.74, 6) is 3.48. The van der Waals surface area contributed by atoms with Crippen LogP contribution in [0.4, 0.5) is 0 Å². The maximum atomic E-state index is 11.4. The van der Waals surface area contributed by atoms with Crippen molar-refractivity contribution in [1.29, 1.82) is 0 Å². The Hall–Kier alpha value is -1.33. The number of piperidine rings is 2. The molecule has 0 saturated carbocycles. The Morgan fingerprint density at radius 2 is 0.694 bits per heavy atom. The predicted molar refractivity (Wildman–Crippen MR) is 480 cm³/mol. The molecule has 662 valence electrons. The molecule has 10 saturated heterocycles. The molecule has 0 N–H and O–H groups in total. The summed E-state index contributed by atoms with van der Waals surface area (Å²) >= 11 is 2.07. The molecule has 2 amide bonds. The van der Waals surface area contributed by atoms with Crippen molar-refractivity contribution in [2.75, 3.05) is 220 Å². The number of likely N-dealkylation sites (N-methyl/N-ethyl adjacent to an activating group) is 2. The third-order valence-electron chi connectivity index (χ3n) is 22.8. The molecule has 111 heavy (non-hydrogen) atoms. The molecule has 0 atom stereocenters. The third-order valence-corrected chi connectivity index (χ3v) is 27.3. The number of hydrogen-bond acceptors (Lipinski definition) is 18. The van der Waals surface area contributed by atoms with E-state index in [0.29, 0.717) is 64.5 Å². The predicted octanol–water partition coefficient (Wildman–Crippen LogP) is 13.5. The molecule has 10 fully saturated rings. The molecule has 0 radical (unpaired) electrons. The number of thioether (sulfide) groups is 1. The molecule has 24 heteroatoms. The summed E-state index contributed by atoms with van der Waals surface area (Å²) in [5, 5.41) is 0. The normalized spacial score (nSPS) is 22.8. The van der Waals surface area contributed by atoms with Crippen LogP contribution in [0.25, 0.3) is 0 Å². The Bertz CT molecular complexity index is 2660. The molecule has 0 aliphatic carbocycles. The van der Waals surface area contributed by atoms with Crippen LogP contribution >= 0.6 is 11.8 Å². The first-order chi connectivity index (χ1) is 50.4. The monoisotopic (exact) mass is 1630 g/mol. The average Bonchev–Trinajstić information content (AvgIpc) is 1.69. The Balaban J connectivity index is 0.000000618. The zero-order valence-electron chi connectivity index (χ0n) is 79.3. The number of rotatable bonds is 2. The van der Waals surface area contributed by atoms with Crippen molar-refractivity contribution in [3.8, 4) is 0 Å². The Morgan fingerprint density at radius 1 is 0.378 bits per heavy atom. The van der Waals surface area contributed by atoms with Crippen LogP contribution in [0.1, 0.15) is 279 Å². The molecule has 10 aliphatic rings. The van der Waals surface area contributed by atoms with Gasteiger partial charge in [0, 0.05) is 224 Å². The highest BCUT2D eigenvalue weighted by Crippen LogP contribution is 2.27. The fourth-order valence-corrected chi connectivity index (χ4v) is 18.6. The first-order valence-corrected chi connectivity index (χ1v) is 48.1. The van der Waals surface area contributed by atoms with Crippen molar-refractivity contribution in [2.24, 2.45) is 0 Å². The highest BCUT2D eigenvalue weighted by atomic mass is 32.2. The highest BCUT2D eigenvalue weighted by Gasteiger charge is 2.37. The van der Waals surface area contributed by atoms with Gasteiger partial charge in [0.15, 0.2) is 0 Å². The molecule has 0 spiro atoms. The van der Waals surface area contributed by atoms with E-state index in [1.54, 1.807) is 15.5 Å². The summed E-state index contributed by atoms with van der Waals surface area (Å²) in [6.07, 6.45) is 12.1. The largest absolute Gasteiger partial charge is 0.379 e. The summed E-state index contributed by atoms with van der Waals surface area (Å²) < 4.78 is 53.6. The van der Waals surface area contributed by atoms with Crippen LogP contribution in [0.5, 0.6) is 0 Å². The number of morpholine rings is 1. The van der Waals surface area contributed by atoms with E-state index >= 15 is 0 Å². The molecule has 10 rings (SSSR count). The van der Waals surface area contributed by atoms with Gasteiger partial charge in [0.2, 0.25) is 31.9 Å². The Kier molecular flexibility index (Phi) is 46.8. The van der Waals surface area contributed by atoms with Gasteiger partial charge in [-0.1, -0.05) is 13.3 Å². The lowest BCUT2D eigenvalue weighted by Crippen LogP contribution is -2.54. The molecule has 10 aliphatic heterocycles. The van der Waals surface area contributed by atoms with Crippen molar-refractivity contribution in [2.45, 2.75) is 335 Å². The summed E-state index contributed by atoms with van der Waals surface area (Å²) in [5.41, 5.74) is 2.42. The first-order valence-electron chi connectivity index (χ1n) is 43.5. The molecule has 0 aromatic heterocycles. The van der Waals surface area contributed by atoms with E-state index in [1.807, 2.05) is 30.6 Å². The number of sulfonamides is 2. The summed E-state index contributed by atoms with van der Waals surface area (Å²) in [6, 6.07) is 0. The topological polar surface area (TPSA) is 157 Å². The maximum Gasteiger partial charge on any atom is 0.222 e. The minimum absolute atomic E-state index is 0.0253. The summed E-state index contributed by atoms with van der Waals surface area (Å²) in [4.78, 5) is 51.2. The highest BCUT2D eigenvalue weighted by molar-refractivity contribution is 7.99. The van der Waals surface area contributed by atoms with E-state index in [-0.39, 0.29) is 28.1 Å². The van der Waals surface area contributed by atoms with Crippen LogP contribution in [0, 0.1) is 0 Å². The molecule has 0 aromatic rings. The Morgan fingerprint density at radius 3 is 0.955 bits per heavy atom. The third kappa shape index (κ3) is 45.1. The number of nitrogens with zero attached hydrogens (tertiary/aromatic N) is 14. The number of carbonyl (C=O) groups is 2. The standard InChI is InChI=1S/C10H20N2O.C10H22N2.C9H20N2O2S.C9H20N2.C9H17NO.C9H19N.C8H17NO.C8H17NS.C8H17N.C7H15NO2S/c1-9(13)11-5-7-12(8-6-11)10(2,3)4;1-5-11-6-8-12(9-7-11)10(2,3)4;1-9(2,3)10-5-7-11(8-6-10)14(4,12)13;1-9(2,3)11-7-5-10(4)6-8-11;1-9(2,3)10-7-5-4-6-8(10)11;1-9(2,3)10-7-5-4-6-8-10;2*1-8(2,3)9-4-6-10-7-5-9;1-8(2,3)9-6-4-5-7-9;1-7(2,3)8-5-4-6-11(8,9)10/h5-8H2,1-4H3;5-9H2,1-4H3;5-8H2,1-4H3;5-8H2,1-4H3;4-7H2,1-3H3;4-8H2,1-3H3;2*4-7H2,1-3H3;4-7H2,1-3H3;4-6H2,1-3H3. The van der Waals surface area contributed by atoms with Crippen LogP contribution < -0.4 is 0 Å². The van der Waals surface area contributed by atoms with Gasteiger partial charge in [-0.05, 0) is 292 Å². The second-order valence-electron chi connectivity index (χ2n) is 42.2. The van der Waals surface area contributed by atoms with Crippen LogP contribution in [0.2, 0.25) is 0 Å². The van der Waals surface area contributed by atoms with E-state index < -0.39 is 20.0 Å². The Labute approximate surface area is 693 Å². The van der Waals surface area contributed by atoms with Crippen molar-refractivity contribution in [3.05, 3.63) is 0 Å². The minimum Gasteiger partial charge on any atom is -0.379 e. The van der Waals surface area contributed by atoms with Gasteiger partial charge in [0.1, 0.15) is 0 Å². The van der Waals surface area contributed by atoms with Gasteiger partial charge >= 0.3 is 0 Å². The van der Waals surface area contributed by atoms with Crippen molar-refractivity contribution in [3.63, 3.8) is 0 Å². The summed E-state index contributed by atoms with van der Waals surface area (Å²) in [7, 11) is -3.71. The zero-order chi connectivity index (χ0) is 85.6. The minimum atomic E-state index is -2.99. The second-order valence-corrected chi connectivity index (χ2v) is 47.5. The molecule has 21 nitrogen and oxygen atoms in total. The van der Waals surface area contributed by atoms with Gasteiger partial charge < -0.3 is 24.3 Å². The van der Waals surface area contributed by atoms with Crippen molar-refractivity contribution in [1.82, 2.24) is 67.4 Å². The van der Waals surface area contributed by atoms with Crippen LogP contribution in [0.3, 0.4) is 0 Å². The smallest absolute Gasteiger partial charge is 0.222 e. The van der Waals surface area contributed by atoms with Crippen molar-refractivity contribution < 1.29 is 31.2 Å². The zero-order valence-corrected chi connectivity index (χ0v) is 81.8. The quantitative estimate of drug-likeness (QED) is 0.257. The number of amides is 2. The molecular formula is C87H184N14O7S3. The van der Waals surface area contributed by atoms with Crippen LogP contribution in [0.15, 0.2) is 0 Å². The van der Waals surface area contributed by atoms with Gasteiger partial charge in [-0.3, -0.25) is 48.8 Å². The van der Waals surface area contributed by atoms with Gasteiger partial charge in [-0.25, -0.2) is 16.8 Å². The fraction of sp³-hybridized carbons (Fsp3) is 0.977. The lowest BCUT2D eigenvalue weighted by Gasteiger charge is -2.42.